The topological polar surface area (TPSA) is 58.6 Å². The fraction of sp³-hybridized carbons (Fsp3) is 0.533. The first-order valence-electron chi connectivity index (χ1n) is 6.85. The number of rotatable bonds is 2. The average molecular weight is 317 g/mol. The smallest absolute Gasteiger partial charge is 0.416 e. The Bertz CT molecular complexity index is 587. The standard InChI is InChI=1S/C15H18F3NO3/c1-13(2,3)22-12(20)19-11-8-9(15(16,17)18)4-5-10(11)14(21)6-7-14/h4-5,8,21H,6-7H2,1-3H3,(H,19,20). The van der Waals surface area contributed by atoms with E-state index in [0.717, 1.165) is 12.1 Å². The molecule has 1 aliphatic carbocycles. The van der Waals surface area contributed by atoms with E-state index in [1.807, 2.05) is 0 Å². The minimum absolute atomic E-state index is 0.0796. The van der Waals surface area contributed by atoms with Crippen LogP contribution in [0.5, 0.6) is 0 Å². The molecule has 1 aliphatic rings. The van der Waals surface area contributed by atoms with Crippen LogP contribution in [0, 0.1) is 0 Å². The summed E-state index contributed by atoms with van der Waals surface area (Å²) in [4.78, 5) is 11.8. The quantitative estimate of drug-likeness (QED) is 0.865. The highest BCUT2D eigenvalue weighted by molar-refractivity contribution is 5.86. The number of ether oxygens (including phenoxy) is 1. The van der Waals surface area contributed by atoms with E-state index in [9.17, 15) is 23.1 Å². The number of benzene rings is 1. The van der Waals surface area contributed by atoms with E-state index >= 15 is 0 Å². The first-order valence-corrected chi connectivity index (χ1v) is 6.85. The third kappa shape index (κ3) is 3.91. The fourth-order valence-corrected chi connectivity index (χ4v) is 2.03. The van der Waals surface area contributed by atoms with Crippen LogP contribution < -0.4 is 5.32 Å². The summed E-state index contributed by atoms with van der Waals surface area (Å²) < 4.78 is 43.5. The van der Waals surface area contributed by atoms with Crippen LogP contribution in [0.15, 0.2) is 18.2 Å². The number of carbonyl (C=O) groups excluding carboxylic acids is 1. The Labute approximate surface area is 126 Å². The molecule has 0 heterocycles. The molecular formula is C15H18F3NO3. The van der Waals surface area contributed by atoms with E-state index in [2.05, 4.69) is 5.32 Å². The second-order valence-corrected chi connectivity index (χ2v) is 6.42. The third-order valence-electron chi connectivity index (χ3n) is 3.21. The minimum Gasteiger partial charge on any atom is -0.444 e. The van der Waals surface area contributed by atoms with Crippen molar-refractivity contribution < 1.29 is 27.8 Å². The van der Waals surface area contributed by atoms with Crippen LogP contribution in [0.2, 0.25) is 0 Å². The summed E-state index contributed by atoms with van der Waals surface area (Å²) in [6, 6.07) is 2.91. The van der Waals surface area contributed by atoms with Gasteiger partial charge in [0.2, 0.25) is 0 Å². The van der Waals surface area contributed by atoms with Gasteiger partial charge in [-0.1, -0.05) is 6.07 Å². The molecule has 1 saturated carbocycles. The molecular weight excluding hydrogens is 299 g/mol. The van der Waals surface area contributed by atoms with Crippen molar-refractivity contribution in [3.63, 3.8) is 0 Å². The van der Waals surface area contributed by atoms with Gasteiger partial charge in [0.05, 0.1) is 16.9 Å². The molecule has 0 spiro atoms. The molecule has 2 rings (SSSR count). The highest BCUT2D eigenvalue weighted by Crippen LogP contribution is 2.49. The molecule has 2 N–H and O–H groups in total. The van der Waals surface area contributed by atoms with Gasteiger partial charge in [-0.25, -0.2) is 4.79 Å². The number of anilines is 1. The Kier molecular flexibility index (Phi) is 3.89. The normalized spacial score (nSPS) is 17.0. The molecule has 4 nitrogen and oxygen atoms in total. The average Bonchev–Trinajstić information content (AvgIpc) is 3.04. The summed E-state index contributed by atoms with van der Waals surface area (Å²) in [5.74, 6) is 0. The number of hydrogen-bond acceptors (Lipinski definition) is 3. The molecule has 1 fully saturated rings. The minimum atomic E-state index is -4.53. The summed E-state index contributed by atoms with van der Waals surface area (Å²) in [5.41, 5.74) is -2.65. The summed E-state index contributed by atoms with van der Waals surface area (Å²) >= 11 is 0. The Morgan fingerprint density at radius 1 is 1.27 bits per heavy atom. The molecule has 1 amide bonds. The van der Waals surface area contributed by atoms with E-state index in [-0.39, 0.29) is 11.3 Å². The molecule has 0 radical (unpaired) electrons. The summed E-state index contributed by atoms with van der Waals surface area (Å²) in [5, 5.41) is 12.5. The number of alkyl halides is 3. The van der Waals surface area contributed by atoms with Crippen molar-refractivity contribution in [2.75, 3.05) is 5.32 Å². The molecule has 0 aromatic heterocycles. The van der Waals surface area contributed by atoms with Gasteiger partial charge in [0.15, 0.2) is 0 Å². The molecule has 0 saturated heterocycles. The lowest BCUT2D eigenvalue weighted by Gasteiger charge is -2.22. The van der Waals surface area contributed by atoms with E-state index in [4.69, 9.17) is 4.74 Å². The Morgan fingerprint density at radius 2 is 1.86 bits per heavy atom. The van der Waals surface area contributed by atoms with E-state index < -0.39 is 29.0 Å². The summed E-state index contributed by atoms with van der Waals surface area (Å²) in [6.45, 7) is 4.94. The van der Waals surface area contributed by atoms with Crippen molar-refractivity contribution in [3.8, 4) is 0 Å². The SMILES string of the molecule is CC(C)(C)OC(=O)Nc1cc(C(F)(F)F)ccc1C1(O)CC1. The number of halogens is 3. The second kappa shape index (κ2) is 5.15. The zero-order valence-corrected chi connectivity index (χ0v) is 12.5. The lowest BCUT2D eigenvalue weighted by Crippen LogP contribution is -2.28. The molecule has 0 bridgehead atoms. The van der Waals surface area contributed by atoms with Crippen LogP contribution in [0.1, 0.15) is 44.7 Å². The van der Waals surface area contributed by atoms with Crippen LogP contribution in [0.25, 0.3) is 0 Å². The van der Waals surface area contributed by atoms with Crippen LogP contribution in [-0.4, -0.2) is 16.8 Å². The lowest BCUT2D eigenvalue weighted by atomic mass is 10.0. The fourth-order valence-electron chi connectivity index (χ4n) is 2.03. The predicted octanol–water partition coefficient (Wildman–Crippen LogP) is 4.03. The third-order valence-corrected chi connectivity index (χ3v) is 3.21. The van der Waals surface area contributed by atoms with Crippen LogP contribution in [0.3, 0.4) is 0 Å². The van der Waals surface area contributed by atoms with Crippen molar-refractivity contribution in [3.05, 3.63) is 29.3 Å². The van der Waals surface area contributed by atoms with Gasteiger partial charge in [-0.15, -0.1) is 0 Å². The number of amides is 1. The zero-order valence-electron chi connectivity index (χ0n) is 12.5. The lowest BCUT2D eigenvalue weighted by molar-refractivity contribution is -0.137. The van der Waals surface area contributed by atoms with Gasteiger partial charge in [0, 0.05) is 5.56 Å². The number of aliphatic hydroxyl groups is 1. The molecule has 1 aromatic carbocycles. The van der Waals surface area contributed by atoms with Crippen LogP contribution in [0.4, 0.5) is 23.7 Å². The maximum atomic E-state index is 12.8. The van der Waals surface area contributed by atoms with Gasteiger partial charge in [-0.2, -0.15) is 13.2 Å². The van der Waals surface area contributed by atoms with Crippen molar-refractivity contribution >= 4 is 11.8 Å². The summed E-state index contributed by atoms with van der Waals surface area (Å²) in [6.07, 6.45) is -4.50. The maximum absolute atomic E-state index is 12.8. The van der Waals surface area contributed by atoms with E-state index in [1.54, 1.807) is 20.8 Å². The molecule has 22 heavy (non-hydrogen) atoms. The Balaban J connectivity index is 2.32. The molecule has 0 atom stereocenters. The van der Waals surface area contributed by atoms with Crippen molar-refractivity contribution in [2.45, 2.75) is 51.0 Å². The molecule has 1 aromatic rings. The Morgan fingerprint density at radius 3 is 2.32 bits per heavy atom. The summed E-state index contributed by atoms with van der Waals surface area (Å²) in [7, 11) is 0. The second-order valence-electron chi connectivity index (χ2n) is 6.42. The first-order chi connectivity index (χ1) is 9.91. The van der Waals surface area contributed by atoms with E-state index in [1.165, 1.54) is 6.07 Å². The number of hydrogen-bond donors (Lipinski definition) is 2. The predicted molar refractivity (Wildman–Crippen MR) is 74.4 cm³/mol. The molecule has 0 unspecified atom stereocenters. The molecule has 0 aliphatic heterocycles. The molecule has 7 heteroatoms. The maximum Gasteiger partial charge on any atom is 0.416 e. The Hall–Kier alpha value is -1.76. The van der Waals surface area contributed by atoms with Gasteiger partial charge in [0.25, 0.3) is 0 Å². The first kappa shape index (κ1) is 16.6. The number of carbonyl (C=O) groups is 1. The highest BCUT2D eigenvalue weighted by Gasteiger charge is 2.45. The van der Waals surface area contributed by atoms with Crippen molar-refractivity contribution in [1.29, 1.82) is 0 Å². The highest BCUT2D eigenvalue weighted by atomic mass is 19.4. The van der Waals surface area contributed by atoms with Crippen LogP contribution in [-0.2, 0) is 16.5 Å². The van der Waals surface area contributed by atoms with E-state index in [0.29, 0.717) is 12.8 Å². The van der Waals surface area contributed by atoms with Gasteiger partial charge >= 0.3 is 12.3 Å². The largest absolute Gasteiger partial charge is 0.444 e. The van der Waals surface area contributed by atoms with Gasteiger partial charge < -0.3 is 9.84 Å². The van der Waals surface area contributed by atoms with Crippen molar-refractivity contribution in [2.24, 2.45) is 0 Å². The number of nitrogens with one attached hydrogen (secondary N) is 1. The van der Waals surface area contributed by atoms with Gasteiger partial charge in [0.1, 0.15) is 5.60 Å². The molecule has 122 valence electrons. The van der Waals surface area contributed by atoms with Crippen molar-refractivity contribution in [1.82, 2.24) is 0 Å². The van der Waals surface area contributed by atoms with Crippen LogP contribution >= 0.6 is 0 Å². The monoisotopic (exact) mass is 317 g/mol. The van der Waals surface area contributed by atoms with Gasteiger partial charge in [-0.05, 0) is 45.7 Å². The van der Waals surface area contributed by atoms with Gasteiger partial charge in [-0.3, -0.25) is 5.32 Å². The zero-order chi connectivity index (χ0) is 16.8.